The molecular weight excluding hydrogens is 795 g/mol. The van der Waals surface area contributed by atoms with Crippen molar-refractivity contribution >= 4 is 27.6 Å². The summed E-state index contributed by atoms with van der Waals surface area (Å²) in [5, 5.41) is -1.25. The van der Waals surface area contributed by atoms with E-state index in [1.54, 1.807) is 12.1 Å². The van der Waals surface area contributed by atoms with Crippen LogP contribution >= 0.6 is 0 Å². The molecule has 0 radical (unpaired) electrons. The molecule has 0 fully saturated rings. The van der Waals surface area contributed by atoms with Crippen molar-refractivity contribution in [3.63, 3.8) is 0 Å². The molecular formula is C33H25F17N2O3. The molecule has 0 bridgehead atoms. The highest BCUT2D eigenvalue weighted by Crippen LogP contribution is 2.63. The Morgan fingerprint density at radius 3 is 1.64 bits per heavy atom. The normalized spacial score (nSPS) is 13.9. The SMILES string of the molecule is CCCCN(CCCC)c1ccc2nc3c4ccc(OC(=C(C(F)(C(F)(F)F)C(F)(F)F)C(F)(C(F)(F)F)C(F)(F)F)C(F)(F)F)cc4c(=O)cc-3oc2c1. The van der Waals surface area contributed by atoms with Crippen LogP contribution in [0.5, 0.6) is 5.75 Å². The van der Waals surface area contributed by atoms with Gasteiger partial charge < -0.3 is 14.1 Å². The summed E-state index contributed by atoms with van der Waals surface area (Å²) in [7, 11) is 0. The molecule has 304 valence electrons. The molecule has 1 aliphatic carbocycles. The van der Waals surface area contributed by atoms with Crippen LogP contribution < -0.4 is 15.1 Å². The third-order valence-corrected chi connectivity index (χ3v) is 8.29. The van der Waals surface area contributed by atoms with Gasteiger partial charge in [0.25, 0.3) is 0 Å². The Hall–Kier alpha value is -4.53. The van der Waals surface area contributed by atoms with Crippen molar-refractivity contribution in [1.82, 2.24) is 4.98 Å². The Balaban J connectivity index is 2.01. The Labute approximate surface area is 297 Å². The van der Waals surface area contributed by atoms with Crippen LogP contribution in [-0.2, 0) is 0 Å². The summed E-state index contributed by atoms with van der Waals surface area (Å²) in [6.45, 7) is 5.32. The van der Waals surface area contributed by atoms with E-state index in [0.717, 1.165) is 25.7 Å². The van der Waals surface area contributed by atoms with E-state index >= 15 is 8.78 Å². The monoisotopic (exact) mass is 820 g/mol. The van der Waals surface area contributed by atoms with Gasteiger partial charge in [0.05, 0.1) is 5.57 Å². The van der Waals surface area contributed by atoms with Gasteiger partial charge in [0.2, 0.25) is 5.76 Å². The molecule has 2 aromatic carbocycles. The second-order valence-corrected chi connectivity index (χ2v) is 12.1. The predicted octanol–water partition coefficient (Wildman–Crippen LogP) is 11.7. The second kappa shape index (κ2) is 14.5. The molecule has 5 nitrogen and oxygen atoms in total. The van der Waals surface area contributed by atoms with Crippen LogP contribution in [0.25, 0.3) is 33.3 Å². The number of alkyl halides is 17. The average molecular weight is 821 g/mol. The van der Waals surface area contributed by atoms with Gasteiger partial charge in [-0.05, 0) is 43.2 Å². The number of nitrogens with zero attached hydrogens (tertiary/aromatic N) is 2. The number of benzene rings is 3. The summed E-state index contributed by atoms with van der Waals surface area (Å²) < 4.78 is 246. The molecule has 0 atom stereocenters. The predicted molar refractivity (Wildman–Crippen MR) is 162 cm³/mol. The third kappa shape index (κ3) is 7.81. The maximum absolute atomic E-state index is 15.1. The van der Waals surface area contributed by atoms with Gasteiger partial charge in [-0.2, -0.15) is 65.9 Å². The lowest BCUT2D eigenvalue weighted by atomic mass is 9.79. The molecule has 0 spiro atoms. The standard InChI is InChI=1S/C33H25F17N2O3/c1-3-5-11-52(12-6-4-2)16-7-10-20-22(13-16)55-23-15-21(53)19-14-17(8-9-18(19)24(23)51-20)54-26(29(36,37)38)25(27(34,30(39,40)41)31(42,43)44)28(35,32(45,46)47)33(48,49)50/h7-10,13-15H,3-6,11-12H2,1-2H3. The average Bonchev–Trinajstić information content (AvgIpc) is 3.04. The molecule has 55 heavy (non-hydrogen) atoms. The van der Waals surface area contributed by atoms with Gasteiger partial charge >= 0.3 is 42.2 Å². The number of hydrogen-bond acceptors (Lipinski definition) is 5. The van der Waals surface area contributed by atoms with Gasteiger partial charge in [-0.15, -0.1) is 0 Å². The number of aromatic nitrogens is 1. The lowest BCUT2D eigenvalue weighted by Crippen LogP contribution is -2.67. The minimum Gasteiger partial charge on any atom is -0.453 e. The number of halogens is 17. The molecule has 0 amide bonds. The molecule has 1 heterocycles. The molecule has 0 saturated carbocycles. The van der Waals surface area contributed by atoms with Crippen LogP contribution in [0.2, 0.25) is 0 Å². The van der Waals surface area contributed by atoms with Crippen molar-refractivity contribution in [1.29, 1.82) is 0 Å². The van der Waals surface area contributed by atoms with Gasteiger partial charge in [0.1, 0.15) is 17.0 Å². The first kappa shape index (κ1) is 43.2. The Bertz CT molecular complexity index is 2000. The van der Waals surface area contributed by atoms with Gasteiger partial charge in [0, 0.05) is 41.7 Å². The highest BCUT2D eigenvalue weighted by molar-refractivity contribution is 5.97. The fourth-order valence-electron chi connectivity index (χ4n) is 5.58. The Morgan fingerprint density at radius 2 is 1.18 bits per heavy atom. The van der Waals surface area contributed by atoms with Crippen LogP contribution in [0.3, 0.4) is 0 Å². The number of ether oxygens (including phenoxy) is 1. The molecule has 22 heteroatoms. The lowest BCUT2D eigenvalue weighted by molar-refractivity contribution is -0.365. The summed E-state index contributed by atoms with van der Waals surface area (Å²) in [5.41, 5.74) is -22.8. The Morgan fingerprint density at radius 1 is 0.673 bits per heavy atom. The maximum atomic E-state index is 15.1. The summed E-state index contributed by atoms with van der Waals surface area (Å²) >= 11 is 0. The third-order valence-electron chi connectivity index (χ3n) is 8.29. The number of allylic oxidation sites excluding steroid dienone is 2. The first-order valence-corrected chi connectivity index (χ1v) is 15.8. The van der Waals surface area contributed by atoms with Crippen molar-refractivity contribution in [2.75, 3.05) is 18.0 Å². The van der Waals surface area contributed by atoms with Crippen LogP contribution in [0.1, 0.15) is 39.5 Å². The van der Waals surface area contributed by atoms with Crippen molar-refractivity contribution in [3.8, 4) is 17.2 Å². The topological polar surface area (TPSA) is 55.6 Å². The fourth-order valence-corrected chi connectivity index (χ4v) is 5.58. The summed E-state index contributed by atoms with van der Waals surface area (Å²) in [5.74, 6) is -6.80. The zero-order valence-electron chi connectivity index (χ0n) is 27.8. The summed E-state index contributed by atoms with van der Waals surface area (Å²) in [4.78, 5) is 19.4. The number of hydrogen-bond donors (Lipinski definition) is 0. The van der Waals surface area contributed by atoms with E-state index < -0.39 is 70.1 Å². The molecule has 0 N–H and O–H groups in total. The Kier molecular flexibility index (Phi) is 11.4. The number of rotatable bonds is 11. The first-order chi connectivity index (χ1) is 25.0. The number of unbranched alkanes of at least 4 members (excludes halogenated alkanes) is 2. The molecule has 2 aromatic rings. The quantitative estimate of drug-likeness (QED) is 0.0653. The number of anilines is 1. The van der Waals surface area contributed by atoms with Gasteiger partial charge in [-0.1, -0.05) is 26.7 Å². The summed E-state index contributed by atoms with van der Waals surface area (Å²) in [6.07, 6.45) is -36.5. The number of fused-ring (bicyclic) bond motifs is 4. The van der Waals surface area contributed by atoms with Crippen molar-refractivity contribution in [2.24, 2.45) is 0 Å². The van der Waals surface area contributed by atoms with E-state index in [1.807, 2.05) is 13.8 Å². The van der Waals surface area contributed by atoms with Crippen LogP contribution in [0.4, 0.5) is 80.3 Å². The molecule has 2 aliphatic rings. The van der Waals surface area contributed by atoms with E-state index in [1.165, 1.54) is 6.07 Å². The molecule has 4 rings (SSSR count). The van der Waals surface area contributed by atoms with E-state index in [2.05, 4.69) is 14.6 Å². The first-order valence-electron chi connectivity index (χ1n) is 15.8. The zero-order valence-corrected chi connectivity index (χ0v) is 27.8. The summed E-state index contributed by atoms with van der Waals surface area (Å²) in [6, 6.07) is 6.16. The van der Waals surface area contributed by atoms with E-state index in [4.69, 9.17) is 4.42 Å². The van der Waals surface area contributed by atoms with Gasteiger partial charge in [0.15, 0.2) is 16.8 Å². The van der Waals surface area contributed by atoms with E-state index in [9.17, 15) is 70.7 Å². The van der Waals surface area contributed by atoms with Crippen LogP contribution in [0.15, 0.2) is 63.0 Å². The minimum atomic E-state index is -8.34. The molecule has 0 saturated heterocycles. The van der Waals surface area contributed by atoms with Crippen molar-refractivity contribution in [2.45, 2.75) is 81.7 Å². The highest BCUT2D eigenvalue weighted by Gasteiger charge is 2.88. The molecule has 1 aliphatic heterocycles. The van der Waals surface area contributed by atoms with E-state index in [-0.39, 0.29) is 40.1 Å². The molecule has 0 aromatic heterocycles. The lowest BCUT2D eigenvalue weighted by Gasteiger charge is -2.41. The molecule has 0 unspecified atom stereocenters. The smallest absolute Gasteiger partial charge is 0.449 e. The minimum absolute atomic E-state index is 0.0525. The van der Waals surface area contributed by atoms with Crippen molar-refractivity contribution in [3.05, 3.63) is 64.0 Å². The van der Waals surface area contributed by atoms with Gasteiger partial charge in [-0.25, -0.2) is 13.8 Å². The zero-order chi connectivity index (χ0) is 41.7. The maximum Gasteiger partial charge on any atom is 0.449 e. The van der Waals surface area contributed by atoms with Crippen LogP contribution in [0, 0.1) is 0 Å². The largest absolute Gasteiger partial charge is 0.453 e. The second-order valence-electron chi connectivity index (χ2n) is 12.1. The highest BCUT2D eigenvalue weighted by atomic mass is 19.4. The fraction of sp³-hybridized carbons (Fsp3) is 0.455. The van der Waals surface area contributed by atoms with Crippen molar-refractivity contribution < 1.29 is 83.8 Å². The van der Waals surface area contributed by atoms with E-state index in [0.29, 0.717) is 30.9 Å². The van der Waals surface area contributed by atoms with Gasteiger partial charge in [-0.3, -0.25) is 4.79 Å². The van der Waals surface area contributed by atoms with Crippen LogP contribution in [-0.4, -0.2) is 60.3 Å².